The maximum atomic E-state index is 6.66. The fourth-order valence-electron chi connectivity index (χ4n) is 4.28. The van der Waals surface area contributed by atoms with Crippen LogP contribution in [0.4, 0.5) is 0 Å². The smallest absolute Gasteiger partial charge is 0.143 e. The van der Waals surface area contributed by atoms with Crippen LogP contribution in [-0.4, -0.2) is 4.98 Å². The molecule has 152 valence electrons. The minimum absolute atomic E-state index is 0.705. The van der Waals surface area contributed by atoms with E-state index in [2.05, 4.69) is 48.5 Å². The van der Waals surface area contributed by atoms with Crippen LogP contribution in [0.3, 0.4) is 0 Å². The highest BCUT2D eigenvalue weighted by atomic mass is 35.5. The third-order valence-corrected chi connectivity index (χ3v) is 6.00. The Morgan fingerprint density at radius 1 is 0.625 bits per heavy atom. The molecule has 0 atom stereocenters. The quantitative estimate of drug-likeness (QED) is 0.290. The number of hydrogen-bond acceptors (Lipinski definition) is 2. The van der Waals surface area contributed by atoms with Crippen molar-refractivity contribution in [1.82, 2.24) is 4.98 Å². The van der Waals surface area contributed by atoms with Crippen molar-refractivity contribution in [1.29, 1.82) is 0 Å². The summed E-state index contributed by atoms with van der Waals surface area (Å²) < 4.78 is 6.66. The molecule has 0 unspecified atom stereocenters. The van der Waals surface area contributed by atoms with E-state index in [1.807, 2.05) is 60.7 Å². The summed E-state index contributed by atoms with van der Waals surface area (Å²) in [6.45, 7) is 0. The first-order valence-electron chi connectivity index (χ1n) is 10.5. The topological polar surface area (TPSA) is 22.1 Å². The molecule has 0 radical (unpaired) electrons. The van der Waals surface area contributed by atoms with Gasteiger partial charge in [-0.05, 0) is 29.3 Å². The molecule has 2 heterocycles. The number of pyridine rings is 1. The third kappa shape index (κ3) is 3.17. The van der Waals surface area contributed by atoms with Crippen LogP contribution in [0.15, 0.2) is 109 Å². The Balaban J connectivity index is 1.63. The van der Waals surface area contributed by atoms with Crippen molar-refractivity contribution in [3.63, 3.8) is 0 Å². The van der Waals surface area contributed by atoms with Gasteiger partial charge in [-0.2, -0.15) is 0 Å². The molecule has 5 aromatic rings. The van der Waals surface area contributed by atoms with Gasteiger partial charge in [0.2, 0.25) is 0 Å². The van der Waals surface area contributed by atoms with Crippen LogP contribution in [0, 0.1) is 0 Å². The molecule has 0 aliphatic carbocycles. The van der Waals surface area contributed by atoms with Crippen molar-refractivity contribution in [2.24, 2.45) is 0 Å². The number of benzene rings is 4. The summed E-state index contributed by atoms with van der Waals surface area (Å²) in [6.07, 6.45) is 0. The second kappa shape index (κ2) is 7.67. The van der Waals surface area contributed by atoms with E-state index in [9.17, 15) is 0 Å². The summed E-state index contributed by atoms with van der Waals surface area (Å²) in [5, 5.41) is 1.74. The Kier molecular flexibility index (Phi) is 4.52. The molecule has 0 saturated carbocycles. The lowest BCUT2D eigenvalue weighted by Crippen LogP contribution is -2.08. The first kappa shape index (κ1) is 18.9. The predicted molar refractivity (Wildman–Crippen MR) is 132 cm³/mol. The third-order valence-electron chi connectivity index (χ3n) is 5.74. The minimum Gasteiger partial charge on any atom is -0.455 e. The van der Waals surface area contributed by atoms with E-state index in [-0.39, 0.29) is 0 Å². The lowest BCUT2D eigenvalue weighted by atomic mass is 9.89. The van der Waals surface area contributed by atoms with Crippen molar-refractivity contribution in [3.8, 4) is 17.0 Å². The van der Waals surface area contributed by atoms with Gasteiger partial charge in [0.15, 0.2) is 0 Å². The first-order valence-corrected chi connectivity index (χ1v) is 10.9. The zero-order valence-corrected chi connectivity index (χ0v) is 17.9. The monoisotopic (exact) mass is 431 g/mol. The Bertz CT molecular complexity index is 1470. The Labute approximate surface area is 191 Å². The fraction of sp³-hybridized carbons (Fsp3) is 0. The maximum Gasteiger partial charge on any atom is 0.143 e. The highest BCUT2D eigenvalue weighted by Gasteiger charge is 2.26. The van der Waals surface area contributed by atoms with E-state index in [1.54, 1.807) is 0 Å². The standard InChI is InChI=1S/C29H18ClNO/c30-22-16-14-19(15-17-22)25-18-26-28-23(12-7-13-24(28)31-25)27(20-8-3-1-4-9-20)29(32-26)21-10-5-2-6-11-21/h1-18H. The molecule has 0 fully saturated rings. The summed E-state index contributed by atoms with van der Waals surface area (Å²) in [5.41, 5.74) is 7.13. The number of rotatable bonds is 3. The zero-order chi connectivity index (χ0) is 21.5. The molecule has 3 heteroatoms. The van der Waals surface area contributed by atoms with Gasteiger partial charge in [-0.3, -0.25) is 0 Å². The van der Waals surface area contributed by atoms with Gasteiger partial charge in [0, 0.05) is 27.8 Å². The lowest BCUT2D eigenvalue weighted by Gasteiger charge is -2.25. The van der Waals surface area contributed by atoms with E-state index in [0.29, 0.717) is 5.02 Å². The average molecular weight is 432 g/mol. The lowest BCUT2D eigenvalue weighted by molar-refractivity contribution is 0.519. The van der Waals surface area contributed by atoms with Gasteiger partial charge in [0.05, 0.1) is 16.6 Å². The van der Waals surface area contributed by atoms with Gasteiger partial charge in [-0.1, -0.05) is 96.5 Å². The Morgan fingerprint density at radius 3 is 2.03 bits per heavy atom. The largest absolute Gasteiger partial charge is 0.455 e. The van der Waals surface area contributed by atoms with Crippen molar-refractivity contribution in [2.75, 3.05) is 0 Å². The van der Waals surface area contributed by atoms with Crippen molar-refractivity contribution in [3.05, 3.63) is 131 Å². The molecule has 0 spiro atoms. The van der Waals surface area contributed by atoms with E-state index < -0.39 is 0 Å². The van der Waals surface area contributed by atoms with Crippen LogP contribution < -0.4 is 4.74 Å². The molecule has 2 nitrogen and oxygen atoms in total. The second-order valence-corrected chi connectivity index (χ2v) is 8.19. The summed E-state index contributed by atoms with van der Waals surface area (Å²) in [4.78, 5) is 4.96. The summed E-state index contributed by atoms with van der Waals surface area (Å²) >= 11 is 6.09. The van der Waals surface area contributed by atoms with Crippen LogP contribution in [0.5, 0.6) is 5.75 Å². The SMILES string of the molecule is Clc1ccc(-c2cc3c4c(cccc4n2)C(c2ccccc2)=C(c2ccccc2)O3)cc1. The van der Waals surface area contributed by atoms with Crippen LogP contribution in [0.1, 0.15) is 16.7 Å². The molecule has 32 heavy (non-hydrogen) atoms. The average Bonchev–Trinajstić information content (AvgIpc) is 2.85. The molecule has 0 bridgehead atoms. The zero-order valence-electron chi connectivity index (χ0n) is 17.1. The number of aromatic nitrogens is 1. The normalized spacial score (nSPS) is 12.7. The predicted octanol–water partition coefficient (Wildman–Crippen LogP) is 7.86. The van der Waals surface area contributed by atoms with Gasteiger partial charge in [0.25, 0.3) is 0 Å². The summed E-state index contributed by atoms with van der Waals surface area (Å²) in [6, 6.07) is 36.7. The van der Waals surface area contributed by atoms with Crippen molar-refractivity contribution >= 4 is 33.8 Å². The van der Waals surface area contributed by atoms with Crippen LogP contribution in [0.2, 0.25) is 5.02 Å². The molecular weight excluding hydrogens is 414 g/mol. The molecule has 0 N–H and O–H groups in total. The van der Waals surface area contributed by atoms with Crippen LogP contribution in [-0.2, 0) is 0 Å². The minimum atomic E-state index is 0.705. The van der Waals surface area contributed by atoms with Crippen LogP contribution >= 0.6 is 11.6 Å². The van der Waals surface area contributed by atoms with E-state index >= 15 is 0 Å². The van der Waals surface area contributed by atoms with Crippen molar-refractivity contribution in [2.45, 2.75) is 0 Å². The van der Waals surface area contributed by atoms with Gasteiger partial charge in [-0.15, -0.1) is 0 Å². The summed E-state index contributed by atoms with van der Waals surface area (Å²) in [5.74, 6) is 1.67. The Morgan fingerprint density at radius 2 is 1.31 bits per heavy atom. The first-order chi connectivity index (χ1) is 15.8. The highest BCUT2D eigenvalue weighted by molar-refractivity contribution is 6.30. The number of halogens is 1. The molecule has 4 aromatic carbocycles. The second-order valence-electron chi connectivity index (χ2n) is 7.75. The fourth-order valence-corrected chi connectivity index (χ4v) is 4.40. The molecule has 1 aromatic heterocycles. The number of nitrogens with zero attached hydrogens (tertiary/aromatic N) is 1. The van der Waals surface area contributed by atoms with E-state index in [0.717, 1.165) is 55.9 Å². The Hall–Kier alpha value is -3.88. The molecule has 0 saturated heterocycles. The molecule has 6 rings (SSSR count). The van der Waals surface area contributed by atoms with Gasteiger partial charge in [0.1, 0.15) is 11.5 Å². The molecule has 1 aliphatic rings. The molecule has 1 aliphatic heterocycles. The van der Waals surface area contributed by atoms with Crippen LogP contribution in [0.25, 0.3) is 33.5 Å². The highest BCUT2D eigenvalue weighted by Crippen LogP contribution is 2.45. The van der Waals surface area contributed by atoms with Gasteiger partial charge in [-0.25, -0.2) is 4.98 Å². The van der Waals surface area contributed by atoms with Gasteiger partial charge >= 0.3 is 0 Å². The van der Waals surface area contributed by atoms with E-state index in [1.165, 1.54) is 0 Å². The number of ether oxygens (including phenoxy) is 1. The molecule has 0 amide bonds. The maximum absolute atomic E-state index is 6.66. The van der Waals surface area contributed by atoms with E-state index in [4.69, 9.17) is 21.3 Å². The number of hydrogen-bond donors (Lipinski definition) is 0. The molecular formula is C29H18ClNO. The summed E-state index contributed by atoms with van der Waals surface area (Å²) in [7, 11) is 0. The van der Waals surface area contributed by atoms with Gasteiger partial charge < -0.3 is 4.74 Å². The van der Waals surface area contributed by atoms with Crippen molar-refractivity contribution < 1.29 is 4.74 Å².